The van der Waals surface area contributed by atoms with Gasteiger partial charge in [0.1, 0.15) is 0 Å². The maximum atomic E-state index is 11.4. The molecule has 76 valence electrons. The van der Waals surface area contributed by atoms with Crippen LogP contribution in [-0.2, 0) is 4.74 Å². The maximum absolute atomic E-state index is 11.4. The molecule has 14 heavy (non-hydrogen) atoms. The lowest BCUT2D eigenvalue weighted by molar-refractivity contribution is 0.0376. The highest BCUT2D eigenvalue weighted by Crippen LogP contribution is 2.07. The van der Waals surface area contributed by atoms with E-state index >= 15 is 0 Å². The molecule has 0 aliphatic heterocycles. The number of anilines is 1. The number of carbonyl (C=O) groups is 1. The number of aryl methyl sites for hydroxylation is 1. The van der Waals surface area contributed by atoms with E-state index in [-0.39, 0.29) is 12.1 Å². The van der Waals surface area contributed by atoms with Crippen LogP contribution in [0.1, 0.15) is 29.9 Å². The van der Waals surface area contributed by atoms with Crippen molar-refractivity contribution in [1.82, 2.24) is 9.97 Å². The van der Waals surface area contributed by atoms with Crippen LogP contribution in [0.15, 0.2) is 6.20 Å². The third-order valence-corrected chi connectivity index (χ3v) is 1.56. The summed E-state index contributed by atoms with van der Waals surface area (Å²) in [6.07, 6.45) is 1.22. The summed E-state index contributed by atoms with van der Waals surface area (Å²) < 4.78 is 5.00. The quantitative estimate of drug-likeness (QED) is 0.710. The van der Waals surface area contributed by atoms with E-state index in [4.69, 9.17) is 10.5 Å². The summed E-state index contributed by atoms with van der Waals surface area (Å²) in [5.41, 5.74) is 6.24. The van der Waals surface area contributed by atoms with Crippen LogP contribution in [0.2, 0.25) is 0 Å². The molecule has 1 aromatic heterocycles. The summed E-state index contributed by atoms with van der Waals surface area (Å²) in [5, 5.41) is 0. The van der Waals surface area contributed by atoms with E-state index in [1.54, 1.807) is 20.8 Å². The van der Waals surface area contributed by atoms with Crippen molar-refractivity contribution in [2.24, 2.45) is 0 Å². The average molecular weight is 195 g/mol. The van der Waals surface area contributed by atoms with Crippen molar-refractivity contribution in [2.75, 3.05) is 5.73 Å². The van der Waals surface area contributed by atoms with E-state index in [0.717, 1.165) is 0 Å². The molecule has 0 fully saturated rings. The molecule has 1 aromatic rings. The van der Waals surface area contributed by atoms with Crippen LogP contribution in [0.5, 0.6) is 0 Å². The molecule has 0 aliphatic rings. The lowest BCUT2D eigenvalue weighted by Crippen LogP contribution is -2.14. The normalized spacial score (nSPS) is 10.3. The van der Waals surface area contributed by atoms with Crippen molar-refractivity contribution >= 4 is 11.9 Å². The maximum Gasteiger partial charge on any atom is 0.341 e. The second kappa shape index (κ2) is 4.04. The zero-order valence-corrected chi connectivity index (χ0v) is 8.44. The highest BCUT2D eigenvalue weighted by Gasteiger charge is 2.13. The van der Waals surface area contributed by atoms with Crippen molar-refractivity contribution < 1.29 is 9.53 Å². The summed E-state index contributed by atoms with van der Waals surface area (Å²) in [6.45, 7) is 5.26. The molecule has 0 saturated heterocycles. The smallest absolute Gasteiger partial charge is 0.341 e. The number of aromatic nitrogens is 2. The molecule has 0 aliphatic carbocycles. The topological polar surface area (TPSA) is 78.1 Å². The fourth-order valence-electron chi connectivity index (χ4n) is 0.963. The molecule has 0 atom stereocenters. The summed E-state index contributed by atoms with van der Waals surface area (Å²) in [6, 6.07) is 0. The largest absolute Gasteiger partial charge is 0.459 e. The summed E-state index contributed by atoms with van der Waals surface area (Å²) >= 11 is 0. The Morgan fingerprint density at radius 1 is 1.57 bits per heavy atom. The molecule has 0 bridgehead atoms. The van der Waals surface area contributed by atoms with Gasteiger partial charge in [-0.05, 0) is 20.8 Å². The van der Waals surface area contributed by atoms with Crippen molar-refractivity contribution in [3.8, 4) is 0 Å². The Balaban J connectivity index is 2.90. The molecule has 2 N–H and O–H groups in total. The van der Waals surface area contributed by atoms with Gasteiger partial charge in [-0.1, -0.05) is 0 Å². The van der Waals surface area contributed by atoms with Crippen molar-refractivity contribution in [1.29, 1.82) is 0 Å². The number of nitrogens with two attached hydrogens (primary N) is 1. The number of ether oxygens (including phenoxy) is 1. The predicted molar refractivity (Wildman–Crippen MR) is 51.7 cm³/mol. The molecule has 1 heterocycles. The number of hydrogen-bond acceptors (Lipinski definition) is 5. The Labute approximate surface area is 82.3 Å². The number of carbonyl (C=O) groups excluding carboxylic acids is 1. The monoisotopic (exact) mass is 195 g/mol. The number of nitrogens with zero attached hydrogens (tertiary/aromatic N) is 2. The fourth-order valence-corrected chi connectivity index (χ4v) is 0.963. The van der Waals surface area contributed by atoms with Crippen LogP contribution in [0.3, 0.4) is 0 Å². The second-order valence-corrected chi connectivity index (χ2v) is 3.18. The minimum absolute atomic E-state index is 0.153. The predicted octanol–water partition coefficient (Wildman–Crippen LogP) is 0.932. The van der Waals surface area contributed by atoms with Gasteiger partial charge in [-0.3, -0.25) is 0 Å². The minimum Gasteiger partial charge on any atom is -0.459 e. The molecule has 0 saturated carbocycles. The first-order chi connectivity index (χ1) is 6.50. The van der Waals surface area contributed by atoms with Crippen LogP contribution in [0.25, 0.3) is 0 Å². The average Bonchev–Trinajstić information content (AvgIpc) is 2.01. The molecule has 0 spiro atoms. The molecule has 5 heteroatoms. The minimum atomic E-state index is -0.419. The van der Waals surface area contributed by atoms with Gasteiger partial charge in [0.05, 0.1) is 17.4 Å². The van der Waals surface area contributed by atoms with Crippen LogP contribution in [-0.4, -0.2) is 22.0 Å². The Hall–Kier alpha value is -1.65. The highest BCUT2D eigenvalue weighted by atomic mass is 16.5. The zero-order chi connectivity index (χ0) is 10.7. The summed E-state index contributed by atoms with van der Waals surface area (Å²) in [5.74, 6) is -0.263. The Morgan fingerprint density at radius 3 is 2.71 bits per heavy atom. The number of rotatable bonds is 2. The SMILES string of the molecule is Cc1nc(N)ncc1C(=O)OC(C)C. The van der Waals surface area contributed by atoms with Crippen LogP contribution >= 0.6 is 0 Å². The van der Waals surface area contributed by atoms with Gasteiger partial charge < -0.3 is 10.5 Å². The first-order valence-electron chi connectivity index (χ1n) is 4.31. The third kappa shape index (κ3) is 2.42. The molecule has 0 unspecified atom stereocenters. The highest BCUT2D eigenvalue weighted by molar-refractivity contribution is 5.90. The van der Waals surface area contributed by atoms with E-state index < -0.39 is 5.97 Å². The first kappa shape index (κ1) is 10.4. The van der Waals surface area contributed by atoms with E-state index in [2.05, 4.69) is 9.97 Å². The van der Waals surface area contributed by atoms with E-state index in [1.807, 2.05) is 0 Å². The number of nitrogen functional groups attached to an aromatic ring is 1. The molecule has 0 aromatic carbocycles. The summed E-state index contributed by atoms with van der Waals surface area (Å²) in [7, 11) is 0. The van der Waals surface area contributed by atoms with Crippen molar-refractivity contribution in [3.63, 3.8) is 0 Å². The van der Waals surface area contributed by atoms with Crippen LogP contribution in [0.4, 0.5) is 5.95 Å². The van der Waals surface area contributed by atoms with E-state index in [1.165, 1.54) is 6.20 Å². The van der Waals surface area contributed by atoms with Gasteiger partial charge in [-0.15, -0.1) is 0 Å². The molecule has 5 nitrogen and oxygen atoms in total. The first-order valence-corrected chi connectivity index (χ1v) is 4.31. The van der Waals surface area contributed by atoms with Crippen molar-refractivity contribution in [3.05, 3.63) is 17.5 Å². The van der Waals surface area contributed by atoms with E-state index in [0.29, 0.717) is 11.3 Å². The Bertz CT molecular complexity index is 350. The van der Waals surface area contributed by atoms with Gasteiger partial charge in [0.2, 0.25) is 5.95 Å². The Kier molecular flexibility index (Phi) is 3.01. The molecule has 0 radical (unpaired) electrons. The summed E-state index contributed by atoms with van der Waals surface area (Å²) in [4.78, 5) is 19.0. The molecule has 1 rings (SSSR count). The Morgan fingerprint density at radius 2 is 2.21 bits per heavy atom. The molecular weight excluding hydrogens is 182 g/mol. The van der Waals surface area contributed by atoms with Gasteiger partial charge in [-0.25, -0.2) is 14.8 Å². The number of hydrogen-bond donors (Lipinski definition) is 1. The van der Waals surface area contributed by atoms with Gasteiger partial charge in [0.15, 0.2) is 0 Å². The molecule has 0 amide bonds. The number of esters is 1. The van der Waals surface area contributed by atoms with Crippen LogP contribution < -0.4 is 5.73 Å². The second-order valence-electron chi connectivity index (χ2n) is 3.18. The van der Waals surface area contributed by atoms with Crippen molar-refractivity contribution in [2.45, 2.75) is 26.9 Å². The molecular formula is C9H13N3O2. The standard InChI is InChI=1S/C9H13N3O2/c1-5(2)14-8(13)7-4-11-9(10)12-6(7)3/h4-5H,1-3H3,(H2,10,11,12). The van der Waals surface area contributed by atoms with Gasteiger partial charge in [0, 0.05) is 6.20 Å². The van der Waals surface area contributed by atoms with Gasteiger partial charge >= 0.3 is 5.97 Å². The lowest BCUT2D eigenvalue weighted by Gasteiger charge is -2.08. The van der Waals surface area contributed by atoms with Gasteiger partial charge in [0.25, 0.3) is 0 Å². The fraction of sp³-hybridized carbons (Fsp3) is 0.444. The lowest BCUT2D eigenvalue weighted by atomic mass is 10.2. The van der Waals surface area contributed by atoms with Crippen LogP contribution in [0, 0.1) is 6.92 Å². The third-order valence-electron chi connectivity index (χ3n) is 1.56. The van der Waals surface area contributed by atoms with Gasteiger partial charge in [-0.2, -0.15) is 0 Å². The zero-order valence-electron chi connectivity index (χ0n) is 8.44. The van der Waals surface area contributed by atoms with E-state index in [9.17, 15) is 4.79 Å².